The van der Waals surface area contributed by atoms with Crippen LogP contribution in [0.1, 0.15) is 26.3 Å². The Morgan fingerprint density at radius 1 is 1.24 bits per heavy atom. The van der Waals surface area contributed by atoms with Crippen LogP contribution in [-0.2, 0) is 0 Å². The summed E-state index contributed by atoms with van der Waals surface area (Å²) in [5.74, 6) is 0.811. The van der Waals surface area contributed by atoms with E-state index in [0.717, 1.165) is 5.75 Å². The molecule has 0 saturated carbocycles. The minimum Gasteiger partial charge on any atom is -0.491 e. The van der Waals surface area contributed by atoms with Gasteiger partial charge in [0.2, 0.25) is 0 Å². The van der Waals surface area contributed by atoms with E-state index in [4.69, 9.17) is 4.74 Å². The molecule has 0 heterocycles. The second kappa shape index (κ2) is 6.03. The normalized spacial score (nSPS) is 13.5. The zero-order chi connectivity index (χ0) is 12.9. The Morgan fingerprint density at radius 2 is 1.82 bits per heavy atom. The molecule has 3 heteroatoms. The van der Waals surface area contributed by atoms with Gasteiger partial charge in [0, 0.05) is 0 Å². The van der Waals surface area contributed by atoms with Gasteiger partial charge in [-0.2, -0.15) is 0 Å². The van der Waals surface area contributed by atoms with Gasteiger partial charge < -0.3 is 15.2 Å². The van der Waals surface area contributed by atoms with Gasteiger partial charge in [-0.25, -0.2) is 0 Å². The van der Waals surface area contributed by atoms with Crippen molar-refractivity contribution in [3.8, 4) is 5.75 Å². The number of aliphatic hydroxyl groups excluding tert-OH is 1. The molecule has 3 N–H and O–H groups in total. The first-order valence-corrected chi connectivity index (χ1v) is 6.09. The van der Waals surface area contributed by atoms with Gasteiger partial charge >= 0.3 is 0 Å². The molecule has 0 saturated heterocycles. The molecule has 0 aromatic heterocycles. The van der Waals surface area contributed by atoms with E-state index in [2.05, 4.69) is 26.1 Å². The monoisotopic (exact) mass is 238 g/mol. The summed E-state index contributed by atoms with van der Waals surface area (Å²) in [5.41, 5.74) is 1.35. The van der Waals surface area contributed by atoms with Gasteiger partial charge in [0.15, 0.2) is 0 Å². The molecule has 1 unspecified atom stereocenters. The van der Waals surface area contributed by atoms with Crippen molar-refractivity contribution in [3.63, 3.8) is 0 Å². The van der Waals surface area contributed by atoms with Gasteiger partial charge in [0.1, 0.15) is 25.0 Å². The van der Waals surface area contributed by atoms with Crippen LogP contribution in [-0.4, -0.2) is 29.9 Å². The van der Waals surface area contributed by atoms with Gasteiger partial charge in [-0.15, -0.1) is 0 Å². The average molecular weight is 238 g/mol. The number of aryl methyl sites for hydroxylation is 1. The molecule has 0 aliphatic rings. The van der Waals surface area contributed by atoms with Gasteiger partial charge in [-0.3, -0.25) is 0 Å². The Kier molecular flexibility index (Phi) is 4.97. The topological polar surface area (TPSA) is 46.1 Å². The first-order chi connectivity index (χ1) is 7.87. The highest BCUT2D eigenvalue weighted by Gasteiger charge is 2.16. The first-order valence-electron chi connectivity index (χ1n) is 6.09. The van der Waals surface area contributed by atoms with E-state index in [1.807, 2.05) is 31.2 Å². The summed E-state index contributed by atoms with van der Waals surface area (Å²) in [6, 6.07) is 7.86. The molecule has 96 valence electrons. The fourth-order valence-electron chi connectivity index (χ4n) is 1.38. The van der Waals surface area contributed by atoms with Crippen LogP contribution in [0.4, 0.5) is 0 Å². The zero-order valence-corrected chi connectivity index (χ0v) is 11.2. The number of nitrogens with two attached hydrogens (primary N) is 1. The van der Waals surface area contributed by atoms with Crippen LogP contribution >= 0.6 is 0 Å². The third-order valence-electron chi connectivity index (χ3n) is 2.47. The van der Waals surface area contributed by atoms with Gasteiger partial charge in [-0.1, -0.05) is 17.7 Å². The molecule has 0 fully saturated rings. The molecule has 0 radical (unpaired) electrons. The Balaban J connectivity index is 2.28. The Hall–Kier alpha value is -1.06. The Morgan fingerprint density at radius 3 is 2.35 bits per heavy atom. The number of quaternary nitrogens is 1. The first kappa shape index (κ1) is 14.0. The standard InChI is InChI=1S/C14H23NO2/c1-11-5-7-13(8-6-11)17-10-12(16)9-15-14(2,3)4/h5-8,12,15-16H,9-10H2,1-4H3/p+1. The number of ether oxygens (including phenoxy) is 1. The lowest BCUT2D eigenvalue weighted by atomic mass is 10.1. The van der Waals surface area contributed by atoms with Crippen molar-refractivity contribution in [2.45, 2.75) is 39.3 Å². The lowest BCUT2D eigenvalue weighted by Crippen LogP contribution is -2.96. The molecule has 0 bridgehead atoms. The van der Waals surface area contributed by atoms with Crippen LogP contribution in [0, 0.1) is 6.92 Å². The minimum absolute atomic E-state index is 0.144. The zero-order valence-electron chi connectivity index (χ0n) is 11.2. The largest absolute Gasteiger partial charge is 0.491 e. The van der Waals surface area contributed by atoms with E-state index in [1.165, 1.54) is 5.56 Å². The SMILES string of the molecule is Cc1ccc(OCC(O)C[NH2+]C(C)(C)C)cc1. The molecule has 1 aromatic rings. The number of hydrogen-bond acceptors (Lipinski definition) is 2. The maximum absolute atomic E-state index is 9.77. The van der Waals surface area contributed by atoms with Crippen LogP contribution in [0.3, 0.4) is 0 Å². The highest BCUT2D eigenvalue weighted by atomic mass is 16.5. The van der Waals surface area contributed by atoms with Crippen molar-refractivity contribution < 1.29 is 15.2 Å². The van der Waals surface area contributed by atoms with Crippen LogP contribution in [0.25, 0.3) is 0 Å². The number of benzene rings is 1. The number of aliphatic hydroxyl groups is 1. The number of hydrogen-bond donors (Lipinski definition) is 2. The van der Waals surface area contributed by atoms with Gasteiger partial charge in [0.25, 0.3) is 0 Å². The summed E-state index contributed by atoms with van der Waals surface area (Å²) in [4.78, 5) is 0. The Labute approximate surface area is 104 Å². The van der Waals surface area contributed by atoms with Crippen molar-refractivity contribution in [2.24, 2.45) is 0 Å². The molecule has 0 spiro atoms. The minimum atomic E-state index is -0.435. The summed E-state index contributed by atoms with van der Waals surface area (Å²) >= 11 is 0. The smallest absolute Gasteiger partial charge is 0.137 e. The third-order valence-corrected chi connectivity index (χ3v) is 2.47. The second-order valence-corrected chi connectivity index (χ2v) is 5.58. The average Bonchev–Trinajstić information content (AvgIpc) is 2.25. The molecule has 1 atom stereocenters. The highest BCUT2D eigenvalue weighted by molar-refractivity contribution is 5.26. The fraction of sp³-hybridized carbons (Fsp3) is 0.571. The van der Waals surface area contributed by atoms with Crippen LogP contribution in [0.5, 0.6) is 5.75 Å². The molecule has 17 heavy (non-hydrogen) atoms. The molecule has 1 rings (SSSR count). The molecule has 0 aliphatic heterocycles. The van der Waals surface area contributed by atoms with Crippen LogP contribution in [0.2, 0.25) is 0 Å². The van der Waals surface area contributed by atoms with Crippen molar-refractivity contribution in [1.29, 1.82) is 0 Å². The third kappa shape index (κ3) is 6.29. The predicted molar refractivity (Wildman–Crippen MR) is 69.2 cm³/mol. The van der Waals surface area contributed by atoms with Crippen LogP contribution in [0.15, 0.2) is 24.3 Å². The number of rotatable bonds is 5. The van der Waals surface area contributed by atoms with Crippen molar-refractivity contribution in [2.75, 3.05) is 13.2 Å². The molecule has 0 amide bonds. The summed E-state index contributed by atoms with van der Waals surface area (Å²) in [5, 5.41) is 11.9. The summed E-state index contributed by atoms with van der Waals surface area (Å²) in [6.45, 7) is 9.42. The maximum atomic E-state index is 9.77. The fourth-order valence-corrected chi connectivity index (χ4v) is 1.38. The van der Waals surface area contributed by atoms with Crippen molar-refractivity contribution >= 4 is 0 Å². The summed E-state index contributed by atoms with van der Waals surface area (Å²) in [6.07, 6.45) is -0.435. The highest BCUT2D eigenvalue weighted by Crippen LogP contribution is 2.11. The summed E-state index contributed by atoms with van der Waals surface area (Å²) < 4.78 is 5.52. The van der Waals surface area contributed by atoms with Gasteiger partial charge in [0.05, 0.1) is 5.54 Å². The van der Waals surface area contributed by atoms with Gasteiger partial charge in [-0.05, 0) is 39.8 Å². The van der Waals surface area contributed by atoms with Crippen molar-refractivity contribution in [1.82, 2.24) is 0 Å². The van der Waals surface area contributed by atoms with E-state index < -0.39 is 6.10 Å². The maximum Gasteiger partial charge on any atom is 0.137 e. The Bertz CT molecular complexity index is 327. The molecular formula is C14H24NO2+. The second-order valence-electron chi connectivity index (χ2n) is 5.58. The van der Waals surface area contributed by atoms with E-state index in [9.17, 15) is 5.11 Å². The predicted octanol–water partition coefficient (Wildman–Crippen LogP) is 1.10. The van der Waals surface area contributed by atoms with E-state index in [1.54, 1.807) is 0 Å². The lowest BCUT2D eigenvalue weighted by Gasteiger charge is -2.19. The van der Waals surface area contributed by atoms with E-state index >= 15 is 0 Å². The van der Waals surface area contributed by atoms with Crippen LogP contribution < -0.4 is 10.1 Å². The molecule has 0 aliphatic carbocycles. The van der Waals surface area contributed by atoms with Crippen molar-refractivity contribution in [3.05, 3.63) is 29.8 Å². The molecule has 3 nitrogen and oxygen atoms in total. The summed E-state index contributed by atoms with van der Waals surface area (Å²) in [7, 11) is 0. The quantitative estimate of drug-likeness (QED) is 0.807. The van der Waals surface area contributed by atoms with E-state index in [-0.39, 0.29) is 5.54 Å². The van der Waals surface area contributed by atoms with E-state index in [0.29, 0.717) is 13.2 Å². The lowest BCUT2D eigenvalue weighted by molar-refractivity contribution is -0.722. The molecular weight excluding hydrogens is 214 g/mol. The molecule has 1 aromatic carbocycles.